The summed E-state index contributed by atoms with van der Waals surface area (Å²) in [6.07, 6.45) is 0.291. The van der Waals surface area contributed by atoms with Gasteiger partial charge in [-0.2, -0.15) is 0 Å². The number of carboxylic acid groups (broad SMARTS) is 1. The van der Waals surface area contributed by atoms with Crippen molar-refractivity contribution in [2.75, 3.05) is 6.54 Å². The fourth-order valence-corrected chi connectivity index (χ4v) is 3.43. The van der Waals surface area contributed by atoms with Gasteiger partial charge in [0, 0.05) is 25.4 Å². The lowest BCUT2D eigenvalue weighted by atomic mass is 9.77. The van der Waals surface area contributed by atoms with E-state index in [2.05, 4.69) is 20.8 Å². The van der Waals surface area contributed by atoms with Crippen molar-refractivity contribution in [3.63, 3.8) is 0 Å². The largest absolute Gasteiger partial charge is 0.465 e. The second kappa shape index (κ2) is 3.47. The number of carbonyl (C=O) groups is 2. The second-order valence-electron chi connectivity index (χ2n) is 6.12. The molecule has 3 atom stereocenters. The summed E-state index contributed by atoms with van der Waals surface area (Å²) in [5, 5.41) is 9.21. The number of Topliss-reactive ketones (excluding diaryl/α,β-unsaturated/α-hetero) is 1. The van der Waals surface area contributed by atoms with Gasteiger partial charge in [0.1, 0.15) is 5.78 Å². The highest BCUT2D eigenvalue weighted by Crippen LogP contribution is 2.46. The third-order valence-electron chi connectivity index (χ3n) is 3.86. The molecule has 1 aliphatic carbocycles. The molecule has 4 nitrogen and oxygen atoms in total. The summed E-state index contributed by atoms with van der Waals surface area (Å²) in [5.74, 6) is 0.797. The Balaban J connectivity index is 2.28. The van der Waals surface area contributed by atoms with E-state index in [4.69, 9.17) is 0 Å². The molecule has 1 amide bonds. The minimum absolute atomic E-state index is 0.0125. The van der Waals surface area contributed by atoms with Crippen LogP contribution < -0.4 is 0 Å². The third kappa shape index (κ3) is 1.70. The minimum Gasteiger partial charge on any atom is -0.465 e. The smallest absolute Gasteiger partial charge is 0.407 e. The maximum Gasteiger partial charge on any atom is 0.407 e. The van der Waals surface area contributed by atoms with Crippen LogP contribution in [0.3, 0.4) is 0 Å². The molecule has 1 saturated heterocycles. The molecular formula is C12H19NO3. The first-order chi connectivity index (χ1) is 7.30. The predicted molar refractivity (Wildman–Crippen MR) is 59.2 cm³/mol. The molecule has 1 saturated carbocycles. The number of rotatable bonds is 0. The number of amides is 1. The van der Waals surface area contributed by atoms with Crippen molar-refractivity contribution in [1.82, 2.24) is 4.90 Å². The van der Waals surface area contributed by atoms with E-state index < -0.39 is 6.09 Å². The van der Waals surface area contributed by atoms with E-state index in [1.807, 2.05) is 0 Å². The van der Waals surface area contributed by atoms with Crippen LogP contribution in [0, 0.1) is 17.3 Å². The van der Waals surface area contributed by atoms with Gasteiger partial charge in [0.15, 0.2) is 0 Å². The maximum absolute atomic E-state index is 11.4. The first-order valence-corrected chi connectivity index (χ1v) is 5.82. The number of carbonyl (C=O) groups excluding carboxylic acids is 1. The van der Waals surface area contributed by atoms with Crippen LogP contribution in [0.15, 0.2) is 0 Å². The van der Waals surface area contributed by atoms with E-state index in [9.17, 15) is 14.7 Å². The van der Waals surface area contributed by atoms with Gasteiger partial charge in [-0.25, -0.2) is 4.79 Å². The highest BCUT2D eigenvalue weighted by atomic mass is 16.4. The van der Waals surface area contributed by atoms with Crippen LogP contribution in [0.25, 0.3) is 0 Å². The fraction of sp³-hybridized carbons (Fsp3) is 0.833. The highest BCUT2D eigenvalue weighted by Gasteiger charge is 2.52. The van der Waals surface area contributed by atoms with Crippen LogP contribution in [0.5, 0.6) is 0 Å². The van der Waals surface area contributed by atoms with Crippen LogP contribution >= 0.6 is 0 Å². The number of nitrogens with zero attached hydrogens (tertiary/aromatic N) is 1. The molecule has 2 aliphatic rings. The van der Waals surface area contributed by atoms with Crippen molar-refractivity contribution in [3.05, 3.63) is 0 Å². The lowest BCUT2D eigenvalue weighted by molar-refractivity contribution is -0.118. The molecule has 3 unspecified atom stereocenters. The summed E-state index contributed by atoms with van der Waals surface area (Å²) >= 11 is 0. The zero-order chi connectivity index (χ0) is 12.1. The summed E-state index contributed by atoms with van der Waals surface area (Å²) < 4.78 is 0. The first-order valence-electron chi connectivity index (χ1n) is 5.82. The van der Waals surface area contributed by atoms with Crippen LogP contribution in [-0.2, 0) is 4.79 Å². The van der Waals surface area contributed by atoms with E-state index in [1.54, 1.807) is 4.90 Å². The summed E-state index contributed by atoms with van der Waals surface area (Å²) in [5.41, 5.74) is -0.0948. The summed E-state index contributed by atoms with van der Waals surface area (Å²) in [6, 6.07) is -0.0125. The molecule has 0 aromatic carbocycles. The van der Waals surface area contributed by atoms with Crippen LogP contribution in [0.4, 0.5) is 4.79 Å². The Morgan fingerprint density at radius 3 is 2.50 bits per heavy atom. The molecule has 0 aromatic rings. The fourth-order valence-electron chi connectivity index (χ4n) is 3.43. The van der Waals surface area contributed by atoms with Crippen molar-refractivity contribution in [1.29, 1.82) is 0 Å². The van der Waals surface area contributed by atoms with Crippen molar-refractivity contribution in [3.8, 4) is 0 Å². The predicted octanol–water partition coefficient (Wildman–Crippen LogP) is 1.99. The summed E-state index contributed by atoms with van der Waals surface area (Å²) in [4.78, 5) is 24.2. The second-order valence-corrected chi connectivity index (χ2v) is 6.12. The molecule has 90 valence electrons. The molecule has 1 heterocycles. The van der Waals surface area contributed by atoms with Crippen molar-refractivity contribution < 1.29 is 14.7 Å². The quantitative estimate of drug-likeness (QED) is 0.686. The summed E-state index contributed by atoms with van der Waals surface area (Å²) in [6.45, 7) is 6.70. The van der Waals surface area contributed by atoms with E-state index >= 15 is 0 Å². The standard InChI is InChI=1S/C12H19NO3/c1-12(2,3)10-9-5-8(14)4-7(9)6-13(10)11(15)16/h7,9-10H,4-6H2,1-3H3,(H,15,16). The third-order valence-corrected chi connectivity index (χ3v) is 3.86. The van der Waals surface area contributed by atoms with Crippen molar-refractivity contribution in [2.45, 2.75) is 39.7 Å². The zero-order valence-electron chi connectivity index (χ0n) is 10.1. The Morgan fingerprint density at radius 1 is 1.38 bits per heavy atom. The molecule has 1 aliphatic heterocycles. The molecule has 2 fully saturated rings. The summed E-state index contributed by atoms with van der Waals surface area (Å²) in [7, 11) is 0. The van der Waals surface area contributed by atoms with Gasteiger partial charge in [0.2, 0.25) is 0 Å². The van der Waals surface area contributed by atoms with E-state index in [-0.39, 0.29) is 23.3 Å². The van der Waals surface area contributed by atoms with E-state index in [1.165, 1.54) is 0 Å². The van der Waals surface area contributed by atoms with Gasteiger partial charge in [-0.05, 0) is 17.3 Å². The molecule has 0 spiro atoms. The first kappa shape index (κ1) is 11.4. The normalized spacial score (nSPS) is 34.3. The van der Waals surface area contributed by atoms with Gasteiger partial charge in [-0.1, -0.05) is 20.8 Å². The number of hydrogen-bond acceptors (Lipinski definition) is 2. The molecule has 0 aromatic heterocycles. The van der Waals surface area contributed by atoms with Crippen LogP contribution in [0.1, 0.15) is 33.6 Å². The van der Waals surface area contributed by atoms with E-state index in [0.29, 0.717) is 25.2 Å². The topological polar surface area (TPSA) is 57.6 Å². The maximum atomic E-state index is 11.4. The molecule has 0 bridgehead atoms. The molecular weight excluding hydrogens is 206 g/mol. The zero-order valence-corrected chi connectivity index (χ0v) is 10.1. The van der Waals surface area contributed by atoms with Gasteiger partial charge >= 0.3 is 6.09 Å². The average Bonchev–Trinajstić information content (AvgIpc) is 2.56. The van der Waals surface area contributed by atoms with Gasteiger partial charge in [-0.15, -0.1) is 0 Å². The number of fused-ring (bicyclic) bond motifs is 1. The molecule has 1 N–H and O–H groups in total. The van der Waals surface area contributed by atoms with Crippen LogP contribution in [0.2, 0.25) is 0 Å². The molecule has 0 radical (unpaired) electrons. The van der Waals surface area contributed by atoms with Gasteiger partial charge in [0.05, 0.1) is 0 Å². The molecule has 16 heavy (non-hydrogen) atoms. The number of ketones is 1. The highest BCUT2D eigenvalue weighted by molar-refractivity contribution is 5.82. The number of hydrogen-bond donors (Lipinski definition) is 1. The van der Waals surface area contributed by atoms with Gasteiger partial charge in [0.25, 0.3) is 0 Å². The van der Waals surface area contributed by atoms with Crippen molar-refractivity contribution >= 4 is 11.9 Å². The van der Waals surface area contributed by atoms with Crippen molar-refractivity contribution in [2.24, 2.45) is 17.3 Å². The minimum atomic E-state index is -0.846. The Morgan fingerprint density at radius 2 is 2.00 bits per heavy atom. The Bertz CT molecular complexity index is 332. The molecule has 2 rings (SSSR count). The monoisotopic (exact) mass is 225 g/mol. The Hall–Kier alpha value is -1.06. The van der Waals surface area contributed by atoms with Gasteiger partial charge in [-0.3, -0.25) is 4.79 Å². The SMILES string of the molecule is CC(C)(C)C1C2CC(=O)CC2CN1C(=O)O. The lowest BCUT2D eigenvalue weighted by Gasteiger charge is -2.36. The Labute approximate surface area is 95.6 Å². The van der Waals surface area contributed by atoms with Crippen LogP contribution in [-0.4, -0.2) is 34.5 Å². The Kier molecular flexibility index (Phi) is 2.48. The van der Waals surface area contributed by atoms with E-state index in [0.717, 1.165) is 0 Å². The van der Waals surface area contributed by atoms with Gasteiger partial charge < -0.3 is 10.0 Å². The molecule has 4 heteroatoms. The average molecular weight is 225 g/mol. The lowest BCUT2D eigenvalue weighted by Crippen LogP contribution is -2.45. The number of likely N-dealkylation sites (tertiary alicyclic amines) is 1.